The van der Waals surface area contributed by atoms with Crippen molar-refractivity contribution in [2.45, 2.75) is 38.6 Å². The first-order valence-corrected chi connectivity index (χ1v) is 8.03. The van der Waals surface area contributed by atoms with Crippen molar-refractivity contribution in [1.82, 2.24) is 24.8 Å². The number of hydrogen-bond acceptors (Lipinski definition) is 4. The Morgan fingerprint density at radius 2 is 2.26 bits per heavy atom. The van der Waals surface area contributed by atoms with Crippen LogP contribution in [0.3, 0.4) is 0 Å². The van der Waals surface area contributed by atoms with Crippen molar-refractivity contribution >= 4 is 17.5 Å². The Morgan fingerprint density at radius 1 is 1.39 bits per heavy atom. The van der Waals surface area contributed by atoms with Crippen molar-refractivity contribution < 1.29 is 9.59 Å². The van der Waals surface area contributed by atoms with Crippen molar-refractivity contribution in [1.29, 1.82) is 0 Å². The highest BCUT2D eigenvalue weighted by molar-refractivity contribution is 5.99. The summed E-state index contributed by atoms with van der Waals surface area (Å²) in [5.41, 5.74) is 0.936. The molecule has 1 N–H and O–H groups in total. The van der Waals surface area contributed by atoms with Gasteiger partial charge in [-0.2, -0.15) is 5.10 Å². The fourth-order valence-electron chi connectivity index (χ4n) is 2.98. The van der Waals surface area contributed by atoms with Crippen molar-refractivity contribution in [3.8, 4) is 0 Å². The van der Waals surface area contributed by atoms with Crippen LogP contribution in [0, 0.1) is 0 Å². The third kappa shape index (κ3) is 3.33. The molecule has 2 amide bonds. The van der Waals surface area contributed by atoms with E-state index in [0.29, 0.717) is 30.2 Å². The molecule has 23 heavy (non-hydrogen) atoms. The predicted molar refractivity (Wildman–Crippen MR) is 85.0 cm³/mol. The molecule has 0 unspecified atom stereocenters. The summed E-state index contributed by atoms with van der Waals surface area (Å²) in [5.74, 6) is -0.145. The lowest BCUT2D eigenvalue weighted by molar-refractivity contribution is -0.134. The molecular weight excluding hydrogens is 294 g/mol. The second-order valence-electron chi connectivity index (χ2n) is 5.88. The zero-order valence-corrected chi connectivity index (χ0v) is 13.2. The predicted octanol–water partition coefficient (Wildman–Crippen LogP) is 1.25. The van der Waals surface area contributed by atoms with Crippen LogP contribution in [0.2, 0.25) is 0 Å². The number of carbonyl (C=O) groups excluding carboxylic acids is 2. The third-order valence-electron chi connectivity index (χ3n) is 4.27. The van der Waals surface area contributed by atoms with Crippen LogP contribution in [-0.4, -0.2) is 50.4 Å². The van der Waals surface area contributed by atoms with Crippen LogP contribution in [0.1, 0.15) is 43.0 Å². The Hall–Kier alpha value is -2.44. The van der Waals surface area contributed by atoms with Crippen LogP contribution >= 0.6 is 0 Å². The minimum Gasteiger partial charge on any atom is -0.351 e. The fraction of sp³-hybridized carbons (Fsp3) is 0.500. The van der Waals surface area contributed by atoms with E-state index in [0.717, 1.165) is 19.4 Å². The quantitative estimate of drug-likeness (QED) is 0.921. The second-order valence-corrected chi connectivity index (χ2v) is 5.88. The van der Waals surface area contributed by atoms with E-state index in [1.54, 1.807) is 23.0 Å². The van der Waals surface area contributed by atoms with Crippen LogP contribution in [-0.2, 0) is 4.79 Å². The average molecular weight is 315 g/mol. The molecule has 1 fully saturated rings. The van der Waals surface area contributed by atoms with Gasteiger partial charge in [0.25, 0.3) is 5.91 Å². The molecule has 122 valence electrons. The minimum atomic E-state index is -0.252. The summed E-state index contributed by atoms with van der Waals surface area (Å²) in [5, 5.41) is 6.87. The van der Waals surface area contributed by atoms with Gasteiger partial charge in [-0.15, -0.1) is 0 Å². The zero-order chi connectivity index (χ0) is 16.2. The van der Waals surface area contributed by atoms with Crippen LogP contribution in [0.4, 0.5) is 0 Å². The smallest absolute Gasteiger partial charge is 0.256 e. The number of fused-ring (bicyclic) bond motifs is 1. The van der Waals surface area contributed by atoms with E-state index in [4.69, 9.17) is 0 Å². The molecule has 0 aliphatic carbocycles. The van der Waals surface area contributed by atoms with Gasteiger partial charge in [0, 0.05) is 37.9 Å². The fourth-order valence-corrected chi connectivity index (χ4v) is 2.98. The Kier molecular flexibility index (Phi) is 4.55. The Morgan fingerprint density at radius 3 is 3.09 bits per heavy atom. The lowest BCUT2D eigenvalue weighted by Gasteiger charge is -2.33. The number of nitrogens with one attached hydrogen (secondary N) is 1. The molecule has 2 aromatic rings. The van der Waals surface area contributed by atoms with Gasteiger partial charge in [-0.25, -0.2) is 9.50 Å². The lowest BCUT2D eigenvalue weighted by Crippen LogP contribution is -2.43. The highest BCUT2D eigenvalue weighted by Gasteiger charge is 2.23. The highest BCUT2D eigenvalue weighted by atomic mass is 16.2. The first kappa shape index (κ1) is 15.5. The summed E-state index contributed by atoms with van der Waals surface area (Å²) in [6, 6.07) is 2.05. The topological polar surface area (TPSA) is 79.6 Å². The number of aromatic nitrogens is 3. The average Bonchev–Trinajstić information content (AvgIpc) is 2.99. The molecule has 1 aliphatic rings. The van der Waals surface area contributed by atoms with E-state index < -0.39 is 0 Å². The normalized spacial score (nSPS) is 18.1. The number of piperidine rings is 1. The third-order valence-corrected chi connectivity index (χ3v) is 4.27. The maximum atomic E-state index is 12.2. The second kappa shape index (κ2) is 6.76. The van der Waals surface area contributed by atoms with Crippen molar-refractivity contribution in [2.24, 2.45) is 0 Å². The van der Waals surface area contributed by atoms with Crippen LogP contribution < -0.4 is 5.32 Å². The summed E-state index contributed by atoms with van der Waals surface area (Å²) >= 11 is 0. The summed E-state index contributed by atoms with van der Waals surface area (Å²) in [4.78, 5) is 30.5. The van der Waals surface area contributed by atoms with Crippen LogP contribution in [0.5, 0.6) is 0 Å². The molecule has 0 radical (unpaired) electrons. The molecular formula is C16H21N5O2. The SMILES string of the molecule is C[C@@H]1CCCCN1C(=O)CCNC(=O)c1cnn2cccnc12. The number of carbonyl (C=O) groups is 2. The van der Waals surface area contributed by atoms with Gasteiger partial charge in [0.2, 0.25) is 5.91 Å². The summed E-state index contributed by atoms with van der Waals surface area (Å²) in [6.07, 6.45) is 8.48. The van der Waals surface area contributed by atoms with E-state index in [1.807, 2.05) is 4.90 Å². The van der Waals surface area contributed by atoms with Crippen molar-refractivity contribution in [3.63, 3.8) is 0 Å². The zero-order valence-electron chi connectivity index (χ0n) is 13.2. The first-order chi connectivity index (χ1) is 11.2. The van der Waals surface area contributed by atoms with Gasteiger partial charge in [-0.3, -0.25) is 9.59 Å². The molecule has 2 aromatic heterocycles. The molecule has 1 atom stereocenters. The lowest BCUT2D eigenvalue weighted by atomic mass is 10.0. The molecule has 0 saturated carbocycles. The van der Waals surface area contributed by atoms with Gasteiger partial charge in [-0.05, 0) is 32.3 Å². The van der Waals surface area contributed by atoms with Gasteiger partial charge in [-0.1, -0.05) is 0 Å². The largest absolute Gasteiger partial charge is 0.351 e. The van der Waals surface area contributed by atoms with Crippen molar-refractivity contribution in [2.75, 3.05) is 13.1 Å². The number of likely N-dealkylation sites (tertiary alicyclic amines) is 1. The molecule has 1 aliphatic heterocycles. The standard InChI is InChI=1S/C16H21N5O2/c1-12-5-2-3-9-20(12)14(22)6-8-18-16(23)13-11-19-21-10-4-7-17-15(13)21/h4,7,10-12H,2-3,5-6,8-9H2,1H3,(H,18,23)/t12-/m1/s1. The van der Waals surface area contributed by atoms with E-state index >= 15 is 0 Å². The van der Waals surface area contributed by atoms with Gasteiger partial charge in [0.1, 0.15) is 5.56 Å². The molecule has 7 heteroatoms. The van der Waals surface area contributed by atoms with E-state index in [1.165, 1.54) is 12.6 Å². The monoisotopic (exact) mass is 315 g/mol. The Bertz CT molecular complexity index is 711. The van der Waals surface area contributed by atoms with E-state index in [-0.39, 0.29) is 11.8 Å². The Balaban J connectivity index is 1.54. The molecule has 7 nitrogen and oxygen atoms in total. The summed E-state index contributed by atoms with van der Waals surface area (Å²) in [6.45, 7) is 3.23. The number of nitrogens with zero attached hydrogens (tertiary/aromatic N) is 4. The van der Waals surface area contributed by atoms with Gasteiger partial charge in [0.15, 0.2) is 5.65 Å². The molecule has 3 rings (SSSR count). The van der Waals surface area contributed by atoms with E-state index in [2.05, 4.69) is 22.3 Å². The van der Waals surface area contributed by atoms with Crippen molar-refractivity contribution in [3.05, 3.63) is 30.2 Å². The minimum absolute atomic E-state index is 0.107. The number of rotatable bonds is 4. The number of amides is 2. The first-order valence-electron chi connectivity index (χ1n) is 8.03. The van der Waals surface area contributed by atoms with Crippen LogP contribution in [0.15, 0.2) is 24.7 Å². The molecule has 1 saturated heterocycles. The van der Waals surface area contributed by atoms with E-state index in [9.17, 15) is 9.59 Å². The maximum Gasteiger partial charge on any atom is 0.256 e. The molecule has 0 spiro atoms. The van der Waals surface area contributed by atoms with Crippen LogP contribution in [0.25, 0.3) is 5.65 Å². The molecule has 0 bridgehead atoms. The number of hydrogen-bond donors (Lipinski definition) is 1. The van der Waals surface area contributed by atoms with Gasteiger partial charge >= 0.3 is 0 Å². The summed E-state index contributed by atoms with van der Waals surface area (Å²) < 4.78 is 1.55. The van der Waals surface area contributed by atoms with Gasteiger partial charge in [0.05, 0.1) is 6.20 Å². The summed E-state index contributed by atoms with van der Waals surface area (Å²) in [7, 11) is 0. The highest BCUT2D eigenvalue weighted by Crippen LogP contribution is 2.17. The molecule has 3 heterocycles. The van der Waals surface area contributed by atoms with Gasteiger partial charge < -0.3 is 10.2 Å². The molecule has 0 aromatic carbocycles. The Labute approximate surface area is 134 Å². The maximum absolute atomic E-state index is 12.2.